The number of aromatic nitrogens is 1. The first kappa shape index (κ1) is 13.5. The first-order chi connectivity index (χ1) is 8.92. The number of nitrogens with zero attached hydrogens (tertiary/aromatic N) is 1. The van der Waals surface area contributed by atoms with Gasteiger partial charge in [-0.1, -0.05) is 11.3 Å². The van der Waals surface area contributed by atoms with Crippen LogP contribution in [0.5, 0.6) is 11.5 Å². The van der Waals surface area contributed by atoms with Gasteiger partial charge in [0.05, 0.1) is 4.88 Å². The largest absolute Gasteiger partial charge is 0.573 e. The normalized spacial score (nSPS) is 11.3. The van der Waals surface area contributed by atoms with E-state index in [-0.39, 0.29) is 12.4 Å². The smallest absolute Gasteiger partial charge is 0.488 e. The Balaban J connectivity index is 1.91. The molecule has 102 valence electrons. The Morgan fingerprint density at radius 3 is 2.32 bits per heavy atom. The van der Waals surface area contributed by atoms with Crippen LogP contribution >= 0.6 is 11.3 Å². The van der Waals surface area contributed by atoms with Crippen molar-refractivity contribution in [2.75, 3.05) is 5.73 Å². The fraction of sp³-hybridized carbons (Fsp3) is 0.182. The van der Waals surface area contributed by atoms with Crippen LogP contribution in [0.2, 0.25) is 0 Å². The lowest BCUT2D eigenvalue weighted by Crippen LogP contribution is -2.16. The molecule has 2 N–H and O–H groups in total. The van der Waals surface area contributed by atoms with Crippen molar-refractivity contribution < 1.29 is 22.6 Å². The monoisotopic (exact) mass is 290 g/mol. The third-order valence-electron chi connectivity index (χ3n) is 2.01. The predicted octanol–water partition coefficient (Wildman–Crippen LogP) is 3.20. The van der Waals surface area contributed by atoms with E-state index in [4.69, 9.17) is 10.5 Å². The second-order valence-corrected chi connectivity index (χ2v) is 4.62. The molecule has 0 radical (unpaired) electrons. The number of nitrogen functional groups attached to an aromatic ring is 1. The number of benzene rings is 1. The Morgan fingerprint density at radius 1 is 1.16 bits per heavy atom. The van der Waals surface area contributed by atoms with Gasteiger partial charge in [-0.15, -0.1) is 13.2 Å². The highest BCUT2D eigenvalue weighted by molar-refractivity contribution is 7.15. The fourth-order valence-electron chi connectivity index (χ4n) is 1.28. The molecule has 2 aromatic rings. The van der Waals surface area contributed by atoms with E-state index in [0.717, 1.165) is 4.88 Å². The lowest BCUT2D eigenvalue weighted by Gasteiger charge is -2.09. The molecule has 4 nitrogen and oxygen atoms in total. The number of halogens is 3. The summed E-state index contributed by atoms with van der Waals surface area (Å²) in [4.78, 5) is 4.68. The van der Waals surface area contributed by atoms with Crippen molar-refractivity contribution >= 4 is 16.5 Å². The average molecular weight is 290 g/mol. The Morgan fingerprint density at radius 2 is 1.79 bits per heavy atom. The molecule has 0 bridgehead atoms. The van der Waals surface area contributed by atoms with Crippen molar-refractivity contribution in [2.24, 2.45) is 0 Å². The number of hydrogen-bond acceptors (Lipinski definition) is 5. The minimum absolute atomic E-state index is 0.258. The highest BCUT2D eigenvalue weighted by Gasteiger charge is 2.30. The molecule has 2 rings (SSSR count). The van der Waals surface area contributed by atoms with Crippen LogP contribution in [0.15, 0.2) is 30.5 Å². The molecule has 0 atom stereocenters. The van der Waals surface area contributed by atoms with Crippen molar-refractivity contribution in [1.82, 2.24) is 4.98 Å². The van der Waals surface area contributed by atoms with Crippen molar-refractivity contribution in [1.29, 1.82) is 0 Å². The standard InChI is InChI=1S/C11H9F3N2O2S/c12-11(13,14)18-8-3-1-7(2-4-8)17-6-9-5-16-10(15)19-9/h1-5H,6H2,(H2,15,16). The van der Waals surface area contributed by atoms with Crippen LogP contribution in [0.3, 0.4) is 0 Å². The van der Waals surface area contributed by atoms with Crippen LogP contribution in [-0.4, -0.2) is 11.3 Å². The Labute approximate surface area is 110 Å². The summed E-state index contributed by atoms with van der Waals surface area (Å²) in [5, 5.41) is 0.438. The third kappa shape index (κ3) is 4.32. The summed E-state index contributed by atoms with van der Waals surface area (Å²) < 4.78 is 44.9. The van der Waals surface area contributed by atoms with E-state index in [9.17, 15) is 13.2 Å². The van der Waals surface area contributed by atoms with Gasteiger partial charge in [0.25, 0.3) is 0 Å². The zero-order chi connectivity index (χ0) is 13.9. The van der Waals surface area contributed by atoms with Crippen LogP contribution < -0.4 is 15.2 Å². The summed E-state index contributed by atoms with van der Waals surface area (Å²) in [5.41, 5.74) is 5.45. The number of hydrogen-bond donors (Lipinski definition) is 1. The quantitative estimate of drug-likeness (QED) is 0.939. The molecule has 0 aliphatic carbocycles. The highest BCUT2D eigenvalue weighted by atomic mass is 32.1. The van der Waals surface area contributed by atoms with E-state index in [1.54, 1.807) is 6.20 Å². The molecule has 0 saturated carbocycles. The van der Waals surface area contributed by atoms with Gasteiger partial charge in [0.2, 0.25) is 0 Å². The zero-order valence-corrected chi connectivity index (χ0v) is 10.3. The summed E-state index contributed by atoms with van der Waals surface area (Å²) in [6, 6.07) is 5.16. The maximum atomic E-state index is 11.9. The highest BCUT2D eigenvalue weighted by Crippen LogP contribution is 2.25. The molecule has 1 aromatic heterocycles. The average Bonchev–Trinajstić information content (AvgIpc) is 2.72. The molecular formula is C11H9F3N2O2S. The van der Waals surface area contributed by atoms with Gasteiger partial charge in [0, 0.05) is 6.20 Å². The summed E-state index contributed by atoms with van der Waals surface area (Å²) >= 11 is 1.29. The number of ether oxygens (including phenoxy) is 2. The minimum atomic E-state index is -4.69. The number of rotatable bonds is 4. The number of anilines is 1. The minimum Gasteiger partial charge on any atom is -0.488 e. The second kappa shape index (κ2) is 5.35. The van der Waals surface area contributed by atoms with E-state index >= 15 is 0 Å². The van der Waals surface area contributed by atoms with Gasteiger partial charge in [-0.25, -0.2) is 4.98 Å². The maximum absolute atomic E-state index is 11.9. The predicted molar refractivity (Wildman–Crippen MR) is 64.0 cm³/mol. The topological polar surface area (TPSA) is 57.4 Å². The summed E-state index contributed by atoms with van der Waals surface area (Å²) in [6.45, 7) is 0.258. The van der Waals surface area contributed by atoms with E-state index in [2.05, 4.69) is 9.72 Å². The zero-order valence-electron chi connectivity index (χ0n) is 9.48. The fourth-order valence-corrected chi connectivity index (χ4v) is 1.88. The van der Waals surface area contributed by atoms with Crippen molar-refractivity contribution in [3.63, 3.8) is 0 Å². The molecule has 0 saturated heterocycles. The molecule has 0 aliphatic heterocycles. The van der Waals surface area contributed by atoms with Gasteiger partial charge in [0.1, 0.15) is 18.1 Å². The summed E-state index contributed by atoms with van der Waals surface area (Å²) in [6.07, 6.45) is -3.11. The van der Waals surface area contributed by atoms with Crippen molar-refractivity contribution in [2.45, 2.75) is 13.0 Å². The second-order valence-electron chi connectivity index (χ2n) is 3.47. The van der Waals surface area contributed by atoms with Gasteiger partial charge < -0.3 is 15.2 Å². The Hall–Kier alpha value is -1.96. The van der Waals surface area contributed by atoms with Crippen LogP contribution in [0, 0.1) is 0 Å². The summed E-state index contributed by atoms with van der Waals surface area (Å²) in [5.74, 6) is 0.142. The molecule has 0 amide bonds. The molecular weight excluding hydrogens is 281 g/mol. The number of nitrogens with two attached hydrogens (primary N) is 1. The van der Waals surface area contributed by atoms with Crippen LogP contribution in [0.1, 0.15) is 4.88 Å². The SMILES string of the molecule is Nc1ncc(COc2ccc(OC(F)(F)F)cc2)s1. The van der Waals surface area contributed by atoms with Gasteiger partial charge in [0.15, 0.2) is 5.13 Å². The van der Waals surface area contributed by atoms with E-state index in [1.807, 2.05) is 0 Å². The van der Waals surface area contributed by atoms with Crippen molar-refractivity contribution in [3.05, 3.63) is 35.3 Å². The Bertz CT molecular complexity index is 540. The van der Waals surface area contributed by atoms with Gasteiger partial charge in [-0.2, -0.15) is 0 Å². The Kier molecular flexibility index (Phi) is 3.79. The molecule has 19 heavy (non-hydrogen) atoms. The van der Waals surface area contributed by atoms with E-state index in [0.29, 0.717) is 10.9 Å². The van der Waals surface area contributed by atoms with Gasteiger partial charge in [-0.05, 0) is 24.3 Å². The van der Waals surface area contributed by atoms with Crippen LogP contribution in [-0.2, 0) is 6.61 Å². The molecule has 1 heterocycles. The lowest BCUT2D eigenvalue weighted by molar-refractivity contribution is -0.274. The van der Waals surface area contributed by atoms with Crippen LogP contribution in [0.4, 0.5) is 18.3 Å². The van der Waals surface area contributed by atoms with E-state index < -0.39 is 6.36 Å². The first-order valence-corrected chi connectivity index (χ1v) is 5.93. The molecule has 0 fully saturated rings. The molecule has 0 aliphatic rings. The maximum Gasteiger partial charge on any atom is 0.573 e. The lowest BCUT2D eigenvalue weighted by atomic mass is 10.3. The van der Waals surface area contributed by atoms with Gasteiger partial charge >= 0.3 is 6.36 Å². The molecule has 1 aromatic carbocycles. The summed E-state index contributed by atoms with van der Waals surface area (Å²) in [7, 11) is 0. The van der Waals surface area contributed by atoms with Crippen LogP contribution in [0.25, 0.3) is 0 Å². The molecule has 8 heteroatoms. The number of thiazole rings is 1. The van der Waals surface area contributed by atoms with Crippen molar-refractivity contribution in [3.8, 4) is 11.5 Å². The van der Waals surface area contributed by atoms with E-state index in [1.165, 1.54) is 35.6 Å². The van der Waals surface area contributed by atoms with Gasteiger partial charge in [-0.3, -0.25) is 0 Å². The number of alkyl halides is 3. The first-order valence-electron chi connectivity index (χ1n) is 5.11. The molecule has 0 unspecified atom stereocenters. The molecule has 0 spiro atoms. The third-order valence-corrected chi connectivity index (χ3v) is 2.81.